The van der Waals surface area contributed by atoms with Crippen molar-refractivity contribution in [2.75, 3.05) is 13.7 Å². The van der Waals surface area contributed by atoms with Crippen molar-refractivity contribution in [3.05, 3.63) is 59.2 Å². The molecule has 0 atom stereocenters. The summed E-state index contributed by atoms with van der Waals surface area (Å²) in [7, 11) is 1.69. The number of methoxy groups -OCH3 is 1. The predicted octanol–water partition coefficient (Wildman–Crippen LogP) is 4.47. The summed E-state index contributed by atoms with van der Waals surface area (Å²) >= 11 is 0. The lowest BCUT2D eigenvalue weighted by Gasteiger charge is -2.12. The minimum Gasteiger partial charge on any atom is -0.493 e. The highest BCUT2D eigenvalue weighted by atomic mass is 16.5. The van der Waals surface area contributed by atoms with Gasteiger partial charge in [-0.15, -0.1) is 0 Å². The average molecular weight is 313 g/mol. The Hall–Kier alpha value is -2.00. The van der Waals surface area contributed by atoms with E-state index in [1.807, 2.05) is 12.1 Å². The molecule has 0 aliphatic heterocycles. The van der Waals surface area contributed by atoms with Gasteiger partial charge in [0.05, 0.1) is 13.7 Å². The van der Waals surface area contributed by atoms with E-state index in [0.29, 0.717) is 0 Å². The Morgan fingerprint density at radius 1 is 0.957 bits per heavy atom. The summed E-state index contributed by atoms with van der Waals surface area (Å²) in [4.78, 5) is 0. The van der Waals surface area contributed by atoms with E-state index in [4.69, 9.17) is 9.47 Å². The van der Waals surface area contributed by atoms with Crippen molar-refractivity contribution < 1.29 is 9.47 Å². The summed E-state index contributed by atoms with van der Waals surface area (Å²) in [5, 5.41) is 3.47. The third-order valence-corrected chi connectivity index (χ3v) is 3.72. The van der Waals surface area contributed by atoms with Crippen LogP contribution in [0.5, 0.6) is 11.5 Å². The zero-order valence-corrected chi connectivity index (χ0v) is 14.4. The number of rotatable bonds is 9. The second kappa shape index (κ2) is 9.21. The van der Waals surface area contributed by atoms with Crippen LogP contribution in [-0.4, -0.2) is 13.7 Å². The molecular formula is C20H27NO2. The standard InChI is InChI=1S/C20H27NO2/c1-4-5-11-23-19-10-9-18(13-20(19)22-3)15-21-14-17-8-6-7-16(2)12-17/h6-10,12-13,21H,4-5,11,14-15H2,1-3H3. The number of unbranched alkanes of at least 4 members (excludes halogenated alkanes) is 1. The van der Waals surface area contributed by atoms with E-state index >= 15 is 0 Å². The Labute approximate surface area is 139 Å². The fraction of sp³-hybridized carbons (Fsp3) is 0.400. The van der Waals surface area contributed by atoms with E-state index in [2.05, 4.69) is 49.5 Å². The Morgan fingerprint density at radius 2 is 1.74 bits per heavy atom. The van der Waals surface area contributed by atoms with Crippen molar-refractivity contribution in [1.29, 1.82) is 0 Å². The molecule has 0 saturated heterocycles. The van der Waals surface area contributed by atoms with Crippen LogP contribution in [0.25, 0.3) is 0 Å². The summed E-state index contributed by atoms with van der Waals surface area (Å²) < 4.78 is 11.2. The van der Waals surface area contributed by atoms with E-state index < -0.39 is 0 Å². The van der Waals surface area contributed by atoms with Crippen molar-refractivity contribution in [3.63, 3.8) is 0 Å². The van der Waals surface area contributed by atoms with Crippen LogP contribution in [-0.2, 0) is 13.1 Å². The van der Waals surface area contributed by atoms with Crippen LogP contribution >= 0.6 is 0 Å². The molecule has 0 aliphatic carbocycles. The highest BCUT2D eigenvalue weighted by molar-refractivity contribution is 5.43. The van der Waals surface area contributed by atoms with Gasteiger partial charge >= 0.3 is 0 Å². The minimum atomic E-state index is 0.734. The molecule has 0 unspecified atom stereocenters. The molecule has 0 heterocycles. The van der Waals surface area contributed by atoms with Gasteiger partial charge < -0.3 is 14.8 Å². The van der Waals surface area contributed by atoms with Crippen LogP contribution in [0.2, 0.25) is 0 Å². The minimum absolute atomic E-state index is 0.734. The van der Waals surface area contributed by atoms with E-state index in [1.54, 1.807) is 7.11 Å². The van der Waals surface area contributed by atoms with Gasteiger partial charge in [0.2, 0.25) is 0 Å². The Balaban J connectivity index is 1.90. The van der Waals surface area contributed by atoms with Gasteiger partial charge in [-0.05, 0) is 36.6 Å². The Bertz CT molecular complexity index is 610. The smallest absolute Gasteiger partial charge is 0.161 e. The fourth-order valence-corrected chi connectivity index (χ4v) is 2.44. The summed E-state index contributed by atoms with van der Waals surface area (Å²) in [6, 6.07) is 14.7. The zero-order chi connectivity index (χ0) is 16.5. The van der Waals surface area contributed by atoms with Crippen molar-refractivity contribution >= 4 is 0 Å². The van der Waals surface area contributed by atoms with Crippen molar-refractivity contribution in [1.82, 2.24) is 5.32 Å². The summed E-state index contributed by atoms with van der Waals surface area (Å²) in [6.07, 6.45) is 2.19. The summed E-state index contributed by atoms with van der Waals surface area (Å²) in [5.41, 5.74) is 3.79. The summed E-state index contributed by atoms with van der Waals surface area (Å²) in [6.45, 7) is 6.67. The van der Waals surface area contributed by atoms with Gasteiger partial charge in [0.25, 0.3) is 0 Å². The van der Waals surface area contributed by atoms with Crippen molar-refractivity contribution in [3.8, 4) is 11.5 Å². The van der Waals surface area contributed by atoms with E-state index in [-0.39, 0.29) is 0 Å². The van der Waals surface area contributed by atoms with E-state index in [0.717, 1.165) is 44.0 Å². The van der Waals surface area contributed by atoms with Crippen molar-refractivity contribution in [2.45, 2.75) is 39.8 Å². The van der Waals surface area contributed by atoms with Crippen LogP contribution < -0.4 is 14.8 Å². The molecule has 0 spiro atoms. The quantitative estimate of drug-likeness (QED) is 0.693. The maximum Gasteiger partial charge on any atom is 0.161 e. The van der Waals surface area contributed by atoms with Crippen LogP contribution in [0.15, 0.2) is 42.5 Å². The first kappa shape index (κ1) is 17.4. The molecule has 2 aromatic carbocycles. The molecule has 1 N–H and O–H groups in total. The average Bonchev–Trinajstić information content (AvgIpc) is 2.56. The predicted molar refractivity (Wildman–Crippen MR) is 95.1 cm³/mol. The van der Waals surface area contributed by atoms with Crippen LogP contribution in [0.4, 0.5) is 0 Å². The van der Waals surface area contributed by atoms with Gasteiger partial charge in [0, 0.05) is 13.1 Å². The number of ether oxygens (including phenoxy) is 2. The molecule has 0 fully saturated rings. The molecule has 2 rings (SSSR count). The van der Waals surface area contributed by atoms with Gasteiger partial charge in [0.1, 0.15) is 0 Å². The highest BCUT2D eigenvalue weighted by Gasteiger charge is 2.05. The van der Waals surface area contributed by atoms with Gasteiger partial charge in [-0.2, -0.15) is 0 Å². The normalized spacial score (nSPS) is 10.6. The van der Waals surface area contributed by atoms with Gasteiger partial charge in [-0.3, -0.25) is 0 Å². The van der Waals surface area contributed by atoms with Crippen molar-refractivity contribution in [2.24, 2.45) is 0 Å². The first-order chi connectivity index (χ1) is 11.2. The molecule has 3 heteroatoms. The molecule has 0 bridgehead atoms. The molecule has 0 saturated carbocycles. The topological polar surface area (TPSA) is 30.5 Å². The Kier molecular flexibility index (Phi) is 6.95. The lowest BCUT2D eigenvalue weighted by molar-refractivity contribution is 0.288. The molecular weight excluding hydrogens is 286 g/mol. The number of aryl methyl sites for hydroxylation is 1. The molecule has 0 aromatic heterocycles. The maximum absolute atomic E-state index is 5.76. The molecule has 2 aromatic rings. The lowest BCUT2D eigenvalue weighted by atomic mass is 10.1. The van der Waals surface area contributed by atoms with Crippen LogP contribution in [0.3, 0.4) is 0 Å². The van der Waals surface area contributed by atoms with Crippen LogP contribution in [0, 0.1) is 6.92 Å². The van der Waals surface area contributed by atoms with E-state index in [1.165, 1.54) is 16.7 Å². The monoisotopic (exact) mass is 313 g/mol. The second-order valence-electron chi connectivity index (χ2n) is 5.78. The second-order valence-corrected chi connectivity index (χ2v) is 5.78. The lowest BCUT2D eigenvalue weighted by Crippen LogP contribution is -2.12. The molecule has 0 radical (unpaired) electrons. The SMILES string of the molecule is CCCCOc1ccc(CNCc2cccc(C)c2)cc1OC. The number of benzene rings is 2. The van der Waals surface area contributed by atoms with Crippen LogP contribution in [0.1, 0.15) is 36.5 Å². The Morgan fingerprint density at radius 3 is 2.43 bits per heavy atom. The molecule has 23 heavy (non-hydrogen) atoms. The van der Waals surface area contributed by atoms with E-state index in [9.17, 15) is 0 Å². The molecule has 0 aliphatic rings. The summed E-state index contributed by atoms with van der Waals surface area (Å²) in [5.74, 6) is 1.62. The van der Waals surface area contributed by atoms with Gasteiger partial charge in [-0.25, -0.2) is 0 Å². The fourth-order valence-electron chi connectivity index (χ4n) is 2.44. The van der Waals surface area contributed by atoms with Gasteiger partial charge in [-0.1, -0.05) is 49.2 Å². The van der Waals surface area contributed by atoms with Gasteiger partial charge in [0.15, 0.2) is 11.5 Å². The zero-order valence-electron chi connectivity index (χ0n) is 14.4. The molecule has 3 nitrogen and oxygen atoms in total. The first-order valence-electron chi connectivity index (χ1n) is 8.29. The number of hydrogen-bond acceptors (Lipinski definition) is 3. The third kappa shape index (κ3) is 5.61. The third-order valence-electron chi connectivity index (χ3n) is 3.72. The molecule has 0 amide bonds. The highest BCUT2D eigenvalue weighted by Crippen LogP contribution is 2.28. The largest absolute Gasteiger partial charge is 0.493 e. The molecule has 124 valence electrons. The maximum atomic E-state index is 5.76. The number of nitrogens with one attached hydrogen (secondary N) is 1. The number of hydrogen-bond donors (Lipinski definition) is 1. The first-order valence-corrected chi connectivity index (χ1v) is 8.29.